The summed E-state index contributed by atoms with van der Waals surface area (Å²) in [5.41, 5.74) is 3.29. The third kappa shape index (κ3) is 6.12. The number of carbonyl (C=O) groups excluding carboxylic acids is 1. The number of nitrogens with one attached hydrogen (secondary N) is 3. The van der Waals surface area contributed by atoms with Gasteiger partial charge in [0.1, 0.15) is 0 Å². The summed E-state index contributed by atoms with van der Waals surface area (Å²) < 4.78 is 0. The first-order valence-corrected chi connectivity index (χ1v) is 8.44. The Morgan fingerprint density at radius 3 is 2.52 bits per heavy atom. The van der Waals surface area contributed by atoms with E-state index >= 15 is 0 Å². The Labute approximate surface area is 140 Å². The van der Waals surface area contributed by atoms with Crippen LogP contribution in [0.15, 0.2) is 46.1 Å². The van der Waals surface area contributed by atoms with Crippen molar-refractivity contribution in [2.45, 2.75) is 19.9 Å². The number of hydrogen-bond acceptors (Lipinski definition) is 3. The van der Waals surface area contributed by atoms with Crippen LogP contribution in [0.5, 0.6) is 0 Å². The summed E-state index contributed by atoms with van der Waals surface area (Å²) in [6.45, 7) is 3.07. The molecule has 2 aromatic rings. The van der Waals surface area contributed by atoms with Crippen molar-refractivity contribution in [3.63, 3.8) is 0 Å². The summed E-state index contributed by atoms with van der Waals surface area (Å²) in [7, 11) is 1.77. The van der Waals surface area contributed by atoms with Crippen molar-refractivity contribution in [3.8, 4) is 0 Å². The predicted molar refractivity (Wildman–Crippen MR) is 97.0 cm³/mol. The Morgan fingerprint density at radius 2 is 1.91 bits per heavy atom. The van der Waals surface area contributed by atoms with Crippen molar-refractivity contribution in [2.24, 2.45) is 4.99 Å². The lowest BCUT2D eigenvalue weighted by molar-refractivity contribution is -0.114. The second-order valence-corrected chi connectivity index (χ2v) is 5.89. The zero-order chi connectivity index (χ0) is 16.5. The molecule has 0 spiro atoms. The molecule has 0 saturated carbocycles. The van der Waals surface area contributed by atoms with Gasteiger partial charge in [-0.05, 0) is 46.5 Å². The number of rotatable bonds is 6. The maximum atomic E-state index is 11.0. The molecular formula is C17H22N4OS. The molecule has 0 radical (unpaired) electrons. The Morgan fingerprint density at radius 1 is 1.13 bits per heavy atom. The summed E-state index contributed by atoms with van der Waals surface area (Å²) in [6, 6.07) is 9.98. The van der Waals surface area contributed by atoms with Gasteiger partial charge in [0.05, 0.1) is 0 Å². The molecule has 0 saturated heterocycles. The van der Waals surface area contributed by atoms with Crippen molar-refractivity contribution < 1.29 is 4.79 Å². The van der Waals surface area contributed by atoms with Crippen LogP contribution in [0.1, 0.15) is 18.1 Å². The highest BCUT2D eigenvalue weighted by Crippen LogP contribution is 2.09. The van der Waals surface area contributed by atoms with E-state index in [4.69, 9.17) is 0 Å². The number of aliphatic imine (C=N–C) groups is 1. The van der Waals surface area contributed by atoms with E-state index in [0.29, 0.717) is 0 Å². The second kappa shape index (κ2) is 8.95. The van der Waals surface area contributed by atoms with Crippen molar-refractivity contribution in [2.75, 3.05) is 18.9 Å². The molecule has 1 aromatic heterocycles. The summed E-state index contributed by atoms with van der Waals surface area (Å²) in [5, 5.41) is 13.5. The van der Waals surface area contributed by atoms with Crippen LogP contribution in [0.25, 0.3) is 0 Å². The van der Waals surface area contributed by atoms with E-state index in [1.54, 1.807) is 18.4 Å². The van der Waals surface area contributed by atoms with Crippen LogP contribution in [-0.4, -0.2) is 25.5 Å². The van der Waals surface area contributed by atoms with E-state index in [9.17, 15) is 4.79 Å². The Kier molecular flexibility index (Phi) is 6.62. The van der Waals surface area contributed by atoms with Crippen LogP contribution in [0.3, 0.4) is 0 Å². The molecule has 2 rings (SSSR count). The summed E-state index contributed by atoms with van der Waals surface area (Å²) in [4.78, 5) is 15.2. The van der Waals surface area contributed by atoms with E-state index in [0.717, 1.165) is 31.2 Å². The lowest BCUT2D eigenvalue weighted by Crippen LogP contribution is -2.37. The monoisotopic (exact) mass is 330 g/mol. The SMILES string of the molecule is CN=C(NCCc1ccc(NC(C)=O)cc1)NCc1ccsc1. The van der Waals surface area contributed by atoms with Crippen LogP contribution in [0.2, 0.25) is 0 Å². The number of carbonyl (C=O) groups is 1. The molecule has 0 aliphatic carbocycles. The van der Waals surface area contributed by atoms with Crippen molar-refractivity contribution in [3.05, 3.63) is 52.2 Å². The van der Waals surface area contributed by atoms with Gasteiger partial charge in [0.15, 0.2) is 5.96 Å². The van der Waals surface area contributed by atoms with Gasteiger partial charge in [0.25, 0.3) is 0 Å². The summed E-state index contributed by atoms with van der Waals surface area (Å²) >= 11 is 1.69. The number of thiophene rings is 1. The minimum atomic E-state index is -0.0556. The average molecular weight is 330 g/mol. The number of hydrogen-bond donors (Lipinski definition) is 3. The maximum Gasteiger partial charge on any atom is 0.221 e. The Bertz CT molecular complexity index is 635. The zero-order valence-corrected chi connectivity index (χ0v) is 14.2. The van der Waals surface area contributed by atoms with Gasteiger partial charge >= 0.3 is 0 Å². The largest absolute Gasteiger partial charge is 0.356 e. The lowest BCUT2D eigenvalue weighted by Gasteiger charge is -2.11. The molecule has 1 amide bonds. The quantitative estimate of drug-likeness (QED) is 0.563. The molecule has 0 fully saturated rings. The molecule has 0 bridgehead atoms. The fourth-order valence-corrected chi connectivity index (χ4v) is 2.75. The second-order valence-electron chi connectivity index (χ2n) is 5.11. The minimum Gasteiger partial charge on any atom is -0.356 e. The van der Waals surface area contributed by atoms with Crippen molar-refractivity contribution in [1.29, 1.82) is 0 Å². The van der Waals surface area contributed by atoms with Crippen LogP contribution in [0.4, 0.5) is 5.69 Å². The zero-order valence-electron chi connectivity index (χ0n) is 13.4. The van der Waals surface area contributed by atoms with E-state index in [1.807, 2.05) is 24.3 Å². The normalized spacial score (nSPS) is 11.1. The maximum absolute atomic E-state index is 11.0. The predicted octanol–water partition coefficient (Wildman–Crippen LogP) is 2.61. The first kappa shape index (κ1) is 17.0. The van der Waals surface area contributed by atoms with E-state index in [-0.39, 0.29) is 5.91 Å². The van der Waals surface area contributed by atoms with Gasteiger partial charge in [-0.15, -0.1) is 0 Å². The third-order valence-electron chi connectivity index (χ3n) is 3.24. The van der Waals surface area contributed by atoms with Gasteiger partial charge in [-0.1, -0.05) is 12.1 Å². The highest BCUT2D eigenvalue weighted by molar-refractivity contribution is 7.07. The van der Waals surface area contributed by atoms with Crippen molar-refractivity contribution in [1.82, 2.24) is 10.6 Å². The summed E-state index contributed by atoms with van der Waals surface area (Å²) in [5.74, 6) is 0.742. The average Bonchev–Trinajstić information content (AvgIpc) is 3.05. The molecule has 0 aliphatic rings. The Hall–Kier alpha value is -2.34. The molecule has 0 aliphatic heterocycles. The number of guanidine groups is 1. The smallest absolute Gasteiger partial charge is 0.221 e. The molecule has 3 N–H and O–H groups in total. The van der Waals surface area contributed by atoms with Gasteiger partial charge in [-0.3, -0.25) is 9.79 Å². The van der Waals surface area contributed by atoms with E-state index in [1.165, 1.54) is 18.1 Å². The van der Waals surface area contributed by atoms with Crippen LogP contribution < -0.4 is 16.0 Å². The van der Waals surface area contributed by atoms with Gasteiger partial charge < -0.3 is 16.0 Å². The third-order valence-corrected chi connectivity index (χ3v) is 3.98. The van der Waals surface area contributed by atoms with Crippen molar-refractivity contribution >= 4 is 28.9 Å². The van der Waals surface area contributed by atoms with Crippen LogP contribution in [0, 0.1) is 0 Å². The molecule has 0 atom stereocenters. The molecule has 1 aromatic carbocycles. The molecule has 5 nitrogen and oxygen atoms in total. The standard InChI is InChI=1S/C17H22N4OS/c1-13(22)21-16-5-3-14(4-6-16)7-9-19-17(18-2)20-11-15-8-10-23-12-15/h3-6,8,10,12H,7,9,11H2,1-2H3,(H,21,22)(H2,18,19,20). The van der Waals surface area contributed by atoms with Gasteiger partial charge in [-0.25, -0.2) is 0 Å². The molecular weight excluding hydrogens is 308 g/mol. The van der Waals surface area contributed by atoms with Gasteiger partial charge in [0, 0.05) is 32.7 Å². The fraction of sp³-hybridized carbons (Fsp3) is 0.294. The first-order chi connectivity index (χ1) is 11.2. The number of amides is 1. The van der Waals surface area contributed by atoms with Gasteiger partial charge in [0.2, 0.25) is 5.91 Å². The number of anilines is 1. The molecule has 23 heavy (non-hydrogen) atoms. The molecule has 6 heteroatoms. The van der Waals surface area contributed by atoms with Gasteiger partial charge in [-0.2, -0.15) is 11.3 Å². The van der Waals surface area contributed by atoms with Crippen LogP contribution >= 0.6 is 11.3 Å². The van der Waals surface area contributed by atoms with E-state index in [2.05, 4.69) is 37.8 Å². The minimum absolute atomic E-state index is 0.0556. The fourth-order valence-electron chi connectivity index (χ4n) is 2.08. The number of nitrogens with zero attached hydrogens (tertiary/aromatic N) is 1. The van der Waals surface area contributed by atoms with Crippen LogP contribution in [-0.2, 0) is 17.8 Å². The number of benzene rings is 1. The highest BCUT2D eigenvalue weighted by Gasteiger charge is 2.00. The Balaban J connectivity index is 1.73. The topological polar surface area (TPSA) is 65.5 Å². The molecule has 122 valence electrons. The molecule has 0 unspecified atom stereocenters. The highest BCUT2D eigenvalue weighted by atomic mass is 32.1. The first-order valence-electron chi connectivity index (χ1n) is 7.49. The molecule has 1 heterocycles. The lowest BCUT2D eigenvalue weighted by atomic mass is 10.1. The summed E-state index contributed by atoms with van der Waals surface area (Å²) in [6.07, 6.45) is 0.888. The van der Waals surface area contributed by atoms with E-state index < -0.39 is 0 Å².